The number of halogens is 2. The van der Waals surface area contributed by atoms with Gasteiger partial charge >= 0.3 is 0 Å². The van der Waals surface area contributed by atoms with Crippen molar-refractivity contribution in [3.05, 3.63) is 28.0 Å². The number of rotatable bonds is 2. The minimum atomic E-state index is -3.40. The molecule has 1 unspecified atom stereocenters. The van der Waals surface area contributed by atoms with E-state index in [2.05, 4.69) is 15.9 Å². The molecular weight excluding hydrogens is 383 g/mol. The monoisotopic (exact) mass is 396 g/mol. The molecule has 1 saturated heterocycles. The van der Waals surface area contributed by atoms with E-state index in [0.717, 1.165) is 12.3 Å². The Morgan fingerprint density at radius 1 is 1.52 bits per heavy atom. The van der Waals surface area contributed by atoms with Gasteiger partial charge in [-0.2, -0.15) is 11.8 Å². The van der Waals surface area contributed by atoms with Crippen molar-refractivity contribution in [2.75, 3.05) is 30.0 Å². The highest BCUT2D eigenvalue weighted by Gasteiger charge is 2.35. The van der Waals surface area contributed by atoms with Crippen molar-refractivity contribution < 1.29 is 17.6 Å². The minimum absolute atomic E-state index is 0.149. The Hall–Kier alpha value is -0.800. The van der Waals surface area contributed by atoms with Gasteiger partial charge in [-0.25, -0.2) is 12.8 Å². The molecule has 0 aliphatic carbocycles. The van der Waals surface area contributed by atoms with Crippen LogP contribution in [0.2, 0.25) is 0 Å². The summed E-state index contributed by atoms with van der Waals surface area (Å²) in [7, 11) is -3.40. The van der Waals surface area contributed by atoms with E-state index in [1.165, 1.54) is 22.7 Å². The van der Waals surface area contributed by atoms with Crippen molar-refractivity contribution in [2.24, 2.45) is 0 Å². The zero-order valence-electron chi connectivity index (χ0n) is 11.2. The van der Waals surface area contributed by atoms with Crippen molar-refractivity contribution in [3.63, 3.8) is 0 Å². The molecule has 1 aliphatic heterocycles. The van der Waals surface area contributed by atoms with Crippen molar-refractivity contribution in [2.45, 2.75) is 5.37 Å². The molecule has 9 heteroatoms. The Bertz CT molecular complexity index is 681. The highest BCUT2D eigenvalue weighted by Crippen LogP contribution is 2.28. The molecule has 1 amide bonds. The Kier molecular flexibility index (Phi) is 4.84. The third-order valence-electron chi connectivity index (χ3n) is 3.16. The van der Waals surface area contributed by atoms with Crippen LogP contribution in [0, 0.1) is 5.82 Å². The van der Waals surface area contributed by atoms with Gasteiger partial charge < -0.3 is 10.6 Å². The first-order valence-corrected chi connectivity index (χ1v) is 9.94. The summed E-state index contributed by atoms with van der Waals surface area (Å²) in [4.78, 5) is 13.9. The highest BCUT2D eigenvalue weighted by atomic mass is 79.9. The molecule has 1 heterocycles. The van der Waals surface area contributed by atoms with E-state index in [9.17, 15) is 17.6 Å². The summed E-state index contributed by atoms with van der Waals surface area (Å²) in [6, 6.07) is 2.33. The zero-order chi connectivity index (χ0) is 15.8. The minimum Gasteiger partial charge on any atom is -0.396 e. The second-order valence-corrected chi connectivity index (χ2v) is 8.92. The SMILES string of the molecule is CS(=O)(=O)C1CSCCN1C(=O)c1cc(N)c(F)cc1Br. The number of thioether (sulfide) groups is 1. The average Bonchev–Trinajstić information content (AvgIpc) is 2.41. The molecule has 2 rings (SSSR count). The molecule has 1 aromatic rings. The van der Waals surface area contributed by atoms with E-state index in [4.69, 9.17) is 5.73 Å². The standard InChI is InChI=1S/C12H14BrFN2O3S2/c1-21(18,19)11-6-20-3-2-16(11)12(17)7-4-10(15)9(14)5-8(7)13/h4-5,11H,2-3,6,15H2,1H3. The number of carbonyl (C=O) groups excluding carboxylic acids is 1. The number of nitrogens with zero attached hydrogens (tertiary/aromatic N) is 1. The predicted octanol–water partition coefficient (Wildman–Crippen LogP) is 1.73. The van der Waals surface area contributed by atoms with Gasteiger partial charge in [0.05, 0.1) is 11.3 Å². The first-order valence-electron chi connectivity index (χ1n) is 6.04. The fourth-order valence-electron chi connectivity index (χ4n) is 2.05. The molecule has 0 spiro atoms. The summed E-state index contributed by atoms with van der Waals surface area (Å²) >= 11 is 4.61. The molecule has 1 fully saturated rings. The van der Waals surface area contributed by atoms with Crippen LogP contribution in [-0.2, 0) is 9.84 Å². The van der Waals surface area contributed by atoms with Crippen molar-refractivity contribution in [1.29, 1.82) is 0 Å². The Morgan fingerprint density at radius 3 is 2.81 bits per heavy atom. The second-order valence-electron chi connectivity index (χ2n) is 4.71. The number of nitrogens with two attached hydrogens (primary N) is 1. The summed E-state index contributed by atoms with van der Waals surface area (Å²) in [5, 5.41) is -0.873. The smallest absolute Gasteiger partial charge is 0.256 e. The molecular formula is C12H14BrFN2O3S2. The summed E-state index contributed by atoms with van der Waals surface area (Å²) in [5.74, 6) is -0.109. The molecule has 1 aliphatic rings. The van der Waals surface area contributed by atoms with Gasteiger partial charge in [-0.15, -0.1) is 0 Å². The number of hydrogen-bond acceptors (Lipinski definition) is 5. The van der Waals surface area contributed by atoms with Crippen LogP contribution in [0.5, 0.6) is 0 Å². The molecule has 21 heavy (non-hydrogen) atoms. The summed E-state index contributed by atoms with van der Waals surface area (Å²) in [6.45, 7) is 0.324. The van der Waals surface area contributed by atoms with Crippen LogP contribution in [0.1, 0.15) is 10.4 Å². The number of benzene rings is 1. The number of hydrogen-bond donors (Lipinski definition) is 1. The number of nitrogen functional groups attached to an aromatic ring is 1. The maximum Gasteiger partial charge on any atom is 0.256 e. The van der Waals surface area contributed by atoms with Gasteiger partial charge in [0, 0.05) is 28.8 Å². The second kappa shape index (κ2) is 6.13. The third-order valence-corrected chi connectivity index (χ3v) is 6.46. The topological polar surface area (TPSA) is 80.5 Å². The Labute approximate surface area is 135 Å². The van der Waals surface area contributed by atoms with E-state index in [1.807, 2.05) is 0 Å². The lowest BCUT2D eigenvalue weighted by molar-refractivity contribution is 0.0748. The van der Waals surface area contributed by atoms with Gasteiger partial charge in [0.1, 0.15) is 11.2 Å². The van der Waals surface area contributed by atoms with Crippen LogP contribution >= 0.6 is 27.7 Å². The van der Waals surface area contributed by atoms with Gasteiger partial charge in [0.25, 0.3) is 5.91 Å². The van der Waals surface area contributed by atoms with E-state index in [-0.39, 0.29) is 15.7 Å². The van der Waals surface area contributed by atoms with Crippen LogP contribution in [0.3, 0.4) is 0 Å². The zero-order valence-corrected chi connectivity index (χ0v) is 14.4. The number of carbonyl (C=O) groups is 1. The maximum atomic E-state index is 13.4. The van der Waals surface area contributed by atoms with E-state index in [1.54, 1.807) is 0 Å². The Morgan fingerprint density at radius 2 is 2.19 bits per heavy atom. The molecule has 0 aromatic heterocycles. The lowest BCUT2D eigenvalue weighted by Gasteiger charge is -2.34. The molecule has 0 saturated carbocycles. The molecule has 0 radical (unpaired) electrons. The molecule has 2 N–H and O–H groups in total. The van der Waals surface area contributed by atoms with Crippen LogP contribution in [0.15, 0.2) is 16.6 Å². The van der Waals surface area contributed by atoms with E-state index < -0.39 is 26.9 Å². The van der Waals surface area contributed by atoms with Crippen LogP contribution in [0.25, 0.3) is 0 Å². The third kappa shape index (κ3) is 3.51. The fraction of sp³-hybridized carbons (Fsp3) is 0.417. The normalized spacial score (nSPS) is 19.6. The van der Waals surface area contributed by atoms with Crippen molar-refractivity contribution >= 4 is 49.1 Å². The predicted molar refractivity (Wildman–Crippen MR) is 85.5 cm³/mol. The first-order chi connectivity index (χ1) is 9.71. The van der Waals surface area contributed by atoms with Gasteiger partial charge in [-0.1, -0.05) is 0 Å². The summed E-state index contributed by atoms with van der Waals surface area (Å²) < 4.78 is 37.3. The van der Waals surface area contributed by atoms with Crippen LogP contribution in [0.4, 0.5) is 10.1 Å². The number of anilines is 1. The molecule has 1 aromatic carbocycles. The van der Waals surface area contributed by atoms with Gasteiger partial charge in [0.2, 0.25) is 0 Å². The van der Waals surface area contributed by atoms with Crippen molar-refractivity contribution in [1.82, 2.24) is 4.90 Å². The lowest BCUT2D eigenvalue weighted by atomic mass is 10.1. The average molecular weight is 397 g/mol. The number of sulfone groups is 1. The molecule has 5 nitrogen and oxygen atoms in total. The van der Waals surface area contributed by atoms with Gasteiger partial charge in [-0.05, 0) is 28.1 Å². The summed E-state index contributed by atoms with van der Waals surface area (Å²) in [6.07, 6.45) is 1.11. The highest BCUT2D eigenvalue weighted by molar-refractivity contribution is 9.10. The summed E-state index contributed by atoms with van der Waals surface area (Å²) in [5.41, 5.74) is 5.50. The number of amides is 1. The molecule has 0 bridgehead atoms. The van der Waals surface area contributed by atoms with Crippen LogP contribution in [-0.4, -0.2) is 48.9 Å². The van der Waals surface area contributed by atoms with Gasteiger partial charge in [0.15, 0.2) is 9.84 Å². The first kappa shape index (κ1) is 16.6. The fourth-order valence-corrected chi connectivity index (χ4v) is 5.35. The van der Waals surface area contributed by atoms with Crippen molar-refractivity contribution in [3.8, 4) is 0 Å². The van der Waals surface area contributed by atoms with E-state index >= 15 is 0 Å². The largest absolute Gasteiger partial charge is 0.396 e. The lowest BCUT2D eigenvalue weighted by Crippen LogP contribution is -2.50. The van der Waals surface area contributed by atoms with Gasteiger partial charge in [-0.3, -0.25) is 4.79 Å². The van der Waals surface area contributed by atoms with Crippen LogP contribution < -0.4 is 5.73 Å². The molecule has 1 atom stereocenters. The quantitative estimate of drug-likeness (QED) is 0.769. The molecule has 116 valence electrons. The van der Waals surface area contributed by atoms with E-state index in [0.29, 0.717) is 18.1 Å². The maximum absolute atomic E-state index is 13.4. The Balaban J connectivity index is 2.40.